The van der Waals surface area contributed by atoms with E-state index in [2.05, 4.69) is 4.72 Å². The first-order chi connectivity index (χ1) is 14.9. The summed E-state index contributed by atoms with van der Waals surface area (Å²) < 4.78 is 39.4. The molecular formula is C22H25ClN2O5S. The molecule has 0 aliphatic carbocycles. The van der Waals surface area contributed by atoms with Crippen molar-refractivity contribution in [3.05, 3.63) is 53.1 Å². The second-order valence-corrected chi connectivity index (χ2v) is 9.89. The number of rotatable bonds is 6. The summed E-state index contributed by atoms with van der Waals surface area (Å²) in [6.07, 6.45) is 2.98. The Labute approximate surface area is 187 Å². The lowest BCUT2D eigenvalue weighted by Crippen LogP contribution is -2.48. The number of carbonyl (C=O) groups is 1. The molecular weight excluding hydrogens is 440 g/mol. The fourth-order valence-electron chi connectivity index (χ4n) is 3.72. The normalized spacial score (nSPS) is 18.6. The first kappa shape index (κ1) is 21.9. The summed E-state index contributed by atoms with van der Waals surface area (Å²) in [6.45, 7) is 1.80. The molecule has 1 saturated heterocycles. The third-order valence-electron chi connectivity index (χ3n) is 5.45. The molecule has 2 heterocycles. The second kappa shape index (κ2) is 9.46. The average Bonchev–Trinajstić information content (AvgIpc) is 2.79. The summed E-state index contributed by atoms with van der Waals surface area (Å²) in [6, 6.07) is 11.7. The standard InChI is InChI=1S/C22H25ClN2O5S/c23-17-6-4-16(5-7-17)10-11-24-31(27,28)18-8-9-19-20(14-18)29-15-21(30-19)22(26)25-12-2-1-3-13-25/h4-9,14,21,24H,1-3,10-13,15H2. The van der Waals surface area contributed by atoms with Crippen LogP contribution in [0.3, 0.4) is 0 Å². The van der Waals surface area contributed by atoms with Crippen LogP contribution < -0.4 is 14.2 Å². The van der Waals surface area contributed by atoms with Gasteiger partial charge < -0.3 is 14.4 Å². The highest BCUT2D eigenvalue weighted by molar-refractivity contribution is 7.89. The molecule has 7 nitrogen and oxygen atoms in total. The Bertz CT molecular complexity index is 1040. The van der Waals surface area contributed by atoms with E-state index in [1.165, 1.54) is 12.1 Å². The number of carbonyl (C=O) groups excluding carboxylic acids is 1. The monoisotopic (exact) mass is 464 g/mol. The van der Waals surface area contributed by atoms with Crippen LogP contribution in [0.1, 0.15) is 24.8 Å². The van der Waals surface area contributed by atoms with Crippen LogP contribution in [0, 0.1) is 0 Å². The van der Waals surface area contributed by atoms with Crippen molar-refractivity contribution in [1.29, 1.82) is 0 Å². The Hall–Kier alpha value is -2.29. The zero-order chi connectivity index (χ0) is 21.8. The van der Waals surface area contributed by atoms with Crippen LogP contribution in [0.2, 0.25) is 5.02 Å². The Morgan fingerprint density at radius 2 is 1.81 bits per heavy atom. The summed E-state index contributed by atoms with van der Waals surface area (Å²) in [5.74, 6) is 0.621. The van der Waals surface area contributed by atoms with E-state index in [0.29, 0.717) is 22.9 Å². The minimum Gasteiger partial charge on any atom is -0.485 e. The number of halogens is 1. The van der Waals surface area contributed by atoms with E-state index in [1.54, 1.807) is 18.2 Å². The second-order valence-electron chi connectivity index (χ2n) is 7.69. The highest BCUT2D eigenvalue weighted by Gasteiger charge is 2.32. The number of likely N-dealkylation sites (tertiary alicyclic amines) is 1. The smallest absolute Gasteiger partial charge is 0.267 e. The molecule has 4 rings (SSSR count). The summed E-state index contributed by atoms with van der Waals surface area (Å²) in [5.41, 5.74) is 0.985. The first-order valence-corrected chi connectivity index (χ1v) is 12.2. The van der Waals surface area contributed by atoms with Gasteiger partial charge in [-0.1, -0.05) is 23.7 Å². The van der Waals surface area contributed by atoms with Crippen LogP contribution in [-0.2, 0) is 21.2 Å². The summed E-state index contributed by atoms with van der Waals surface area (Å²) in [4.78, 5) is 14.6. The molecule has 0 bridgehead atoms. The SMILES string of the molecule is O=C(C1COc2cc(S(=O)(=O)NCCc3ccc(Cl)cc3)ccc2O1)N1CCCCC1. The van der Waals surface area contributed by atoms with Gasteiger partial charge in [-0.2, -0.15) is 0 Å². The minimum atomic E-state index is -3.71. The molecule has 1 N–H and O–H groups in total. The molecule has 0 radical (unpaired) electrons. The lowest BCUT2D eigenvalue weighted by Gasteiger charge is -2.32. The predicted molar refractivity (Wildman–Crippen MR) is 117 cm³/mol. The van der Waals surface area contributed by atoms with E-state index < -0.39 is 16.1 Å². The maximum Gasteiger partial charge on any atom is 0.267 e. The summed E-state index contributed by atoms with van der Waals surface area (Å²) in [7, 11) is -3.71. The molecule has 9 heteroatoms. The van der Waals surface area contributed by atoms with Gasteiger partial charge >= 0.3 is 0 Å². The molecule has 2 aliphatic rings. The number of piperidine rings is 1. The van der Waals surface area contributed by atoms with Crippen molar-refractivity contribution in [2.75, 3.05) is 26.2 Å². The van der Waals surface area contributed by atoms with Crippen molar-refractivity contribution >= 4 is 27.5 Å². The van der Waals surface area contributed by atoms with Gasteiger partial charge in [0, 0.05) is 30.7 Å². The van der Waals surface area contributed by atoms with Gasteiger partial charge in [0.15, 0.2) is 11.5 Å². The van der Waals surface area contributed by atoms with Crippen molar-refractivity contribution in [2.24, 2.45) is 0 Å². The predicted octanol–water partition coefficient (Wildman–Crippen LogP) is 3.01. The van der Waals surface area contributed by atoms with Crippen molar-refractivity contribution in [3.8, 4) is 11.5 Å². The molecule has 1 atom stereocenters. The van der Waals surface area contributed by atoms with Crippen molar-refractivity contribution in [2.45, 2.75) is 36.7 Å². The summed E-state index contributed by atoms with van der Waals surface area (Å²) in [5, 5.41) is 0.639. The van der Waals surface area contributed by atoms with Gasteiger partial charge in [-0.3, -0.25) is 4.79 Å². The molecule has 2 aromatic carbocycles. The van der Waals surface area contributed by atoms with Gasteiger partial charge in [0.2, 0.25) is 16.1 Å². The topological polar surface area (TPSA) is 84.9 Å². The van der Waals surface area contributed by atoms with Gasteiger partial charge in [0.1, 0.15) is 6.61 Å². The fraction of sp³-hybridized carbons (Fsp3) is 0.409. The number of benzene rings is 2. The molecule has 2 aliphatic heterocycles. The largest absolute Gasteiger partial charge is 0.485 e. The maximum absolute atomic E-state index is 12.7. The van der Waals surface area contributed by atoms with Gasteiger partial charge in [0.25, 0.3) is 5.91 Å². The third kappa shape index (κ3) is 5.31. The van der Waals surface area contributed by atoms with Gasteiger partial charge in [-0.15, -0.1) is 0 Å². The minimum absolute atomic E-state index is 0.0653. The number of hydrogen-bond acceptors (Lipinski definition) is 5. The lowest BCUT2D eigenvalue weighted by molar-refractivity contribution is -0.142. The summed E-state index contributed by atoms with van der Waals surface area (Å²) >= 11 is 5.87. The third-order valence-corrected chi connectivity index (χ3v) is 7.16. The number of nitrogens with one attached hydrogen (secondary N) is 1. The Kier molecular flexibility index (Phi) is 6.69. The Morgan fingerprint density at radius 1 is 1.06 bits per heavy atom. The lowest BCUT2D eigenvalue weighted by atomic mass is 10.1. The number of sulfonamides is 1. The number of hydrogen-bond donors (Lipinski definition) is 1. The molecule has 31 heavy (non-hydrogen) atoms. The van der Waals surface area contributed by atoms with Gasteiger partial charge in [-0.05, 0) is 55.5 Å². The molecule has 1 amide bonds. The zero-order valence-electron chi connectivity index (χ0n) is 17.1. The maximum atomic E-state index is 12.7. The van der Waals surface area contributed by atoms with E-state index in [1.807, 2.05) is 17.0 Å². The van der Waals surface area contributed by atoms with Crippen molar-refractivity contribution < 1.29 is 22.7 Å². The van der Waals surface area contributed by atoms with E-state index >= 15 is 0 Å². The van der Waals surface area contributed by atoms with E-state index in [-0.39, 0.29) is 24.0 Å². The average molecular weight is 465 g/mol. The van der Waals surface area contributed by atoms with E-state index in [0.717, 1.165) is 37.9 Å². The zero-order valence-corrected chi connectivity index (χ0v) is 18.6. The van der Waals surface area contributed by atoms with E-state index in [4.69, 9.17) is 21.1 Å². The molecule has 1 unspecified atom stereocenters. The van der Waals surface area contributed by atoms with Crippen LogP contribution in [0.4, 0.5) is 0 Å². The number of ether oxygens (including phenoxy) is 2. The van der Waals surface area contributed by atoms with Crippen LogP contribution >= 0.6 is 11.6 Å². The van der Waals surface area contributed by atoms with Crippen LogP contribution in [0.15, 0.2) is 47.4 Å². The Morgan fingerprint density at radius 3 is 2.55 bits per heavy atom. The highest BCUT2D eigenvalue weighted by atomic mass is 35.5. The molecule has 166 valence electrons. The molecule has 2 aromatic rings. The number of nitrogens with zero attached hydrogens (tertiary/aromatic N) is 1. The van der Waals surface area contributed by atoms with E-state index in [9.17, 15) is 13.2 Å². The van der Waals surface area contributed by atoms with Gasteiger partial charge in [0.05, 0.1) is 4.90 Å². The number of amides is 1. The molecule has 0 aromatic heterocycles. The quantitative estimate of drug-likeness (QED) is 0.710. The Balaban J connectivity index is 1.37. The van der Waals surface area contributed by atoms with Crippen LogP contribution in [-0.4, -0.2) is 51.6 Å². The number of fused-ring (bicyclic) bond motifs is 1. The van der Waals surface area contributed by atoms with Crippen LogP contribution in [0.25, 0.3) is 0 Å². The van der Waals surface area contributed by atoms with Gasteiger partial charge in [-0.25, -0.2) is 13.1 Å². The van der Waals surface area contributed by atoms with Crippen LogP contribution in [0.5, 0.6) is 11.5 Å². The molecule has 1 fully saturated rings. The first-order valence-electron chi connectivity index (χ1n) is 10.4. The fourth-order valence-corrected chi connectivity index (χ4v) is 4.90. The highest BCUT2D eigenvalue weighted by Crippen LogP contribution is 2.34. The molecule has 0 saturated carbocycles. The molecule has 0 spiro atoms. The van der Waals surface area contributed by atoms with Crippen molar-refractivity contribution in [3.63, 3.8) is 0 Å². The van der Waals surface area contributed by atoms with Crippen molar-refractivity contribution in [1.82, 2.24) is 9.62 Å².